The maximum atomic E-state index is 12.3. The van der Waals surface area contributed by atoms with Gasteiger partial charge in [0.05, 0.1) is 13.1 Å². The van der Waals surface area contributed by atoms with Crippen LogP contribution in [0.5, 0.6) is 0 Å². The quantitative estimate of drug-likeness (QED) is 0.848. The molecule has 140 valence electrons. The highest BCUT2D eigenvalue weighted by molar-refractivity contribution is 5.98. The molecular formula is C18H23N3O5. The smallest absolute Gasteiger partial charge is 0.414 e. The maximum absolute atomic E-state index is 12.3. The first-order valence-corrected chi connectivity index (χ1v) is 8.57. The van der Waals surface area contributed by atoms with Gasteiger partial charge in [0, 0.05) is 31.5 Å². The van der Waals surface area contributed by atoms with E-state index in [1.807, 2.05) is 25.1 Å². The Morgan fingerprint density at radius 2 is 2.15 bits per heavy atom. The minimum absolute atomic E-state index is 0.0365. The van der Waals surface area contributed by atoms with Gasteiger partial charge >= 0.3 is 6.09 Å². The van der Waals surface area contributed by atoms with Gasteiger partial charge in [-0.2, -0.15) is 0 Å². The predicted octanol–water partition coefficient (Wildman–Crippen LogP) is 1.07. The van der Waals surface area contributed by atoms with Crippen molar-refractivity contribution in [3.05, 3.63) is 23.8 Å². The van der Waals surface area contributed by atoms with Crippen LogP contribution in [0.25, 0.3) is 0 Å². The normalized spacial score (nSPS) is 21.6. The number of anilines is 2. The fraction of sp³-hybridized carbons (Fsp3) is 0.500. The van der Waals surface area contributed by atoms with Gasteiger partial charge < -0.3 is 19.7 Å². The van der Waals surface area contributed by atoms with Crippen LogP contribution in [-0.4, -0.2) is 56.9 Å². The van der Waals surface area contributed by atoms with Crippen molar-refractivity contribution in [1.82, 2.24) is 5.32 Å². The van der Waals surface area contributed by atoms with E-state index in [2.05, 4.69) is 5.32 Å². The lowest BCUT2D eigenvalue weighted by atomic mass is 10.1. The molecule has 8 heteroatoms. The summed E-state index contributed by atoms with van der Waals surface area (Å²) < 4.78 is 10.3. The zero-order chi connectivity index (χ0) is 18.8. The standard InChI is InChI=1S/C18H23N3O5/c1-11-6-13-7-14(4-5-16(13)21(11)17(23)10-25-3)20-9-15(26-18(20)24)8-19-12(2)22/h4-5,7,11,15H,6,8-10H2,1-3H3,(H,19,22)/t11?,15-/m0/s1. The molecule has 2 aliphatic heterocycles. The fourth-order valence-corrected chi connectivity index (χ4v) is 3.45. The number of ether oxygens (including phenoxy) is 2. The van der Waals surface area contributed by atoms with Crippen molar-refractivity contribution in [2.45, 2.75) is 32.4 Å². The van der Waals surface area contributed by atoms with Crippen molar-refractivity contribution in [3.63, 3.8) is 0 Å². The highest BCUT2D eigenvalue weighted by Gasteiger charge is 2.35. The summed E-state index contributed by atoms with van der Waals surface area (Å²) in [6.07, 6.45) is -0.0892. The van der Waals surface area contributed by atoms with Crippen molar-refractivity contribution < 1.29 is 23.9 Å². The van der Waals surface area contributed by atoms with Crippen molar-refractivity contribution in [2.24, 2.45) is 0 Å². The summed E-state index contributed by atoms with van der Waals surface area (Å²) in [5.41, 5.74) is 2.59. The fourth-order valence-electron chi connectivity index (χ4n) is 3.45. The number of carbonyl (C=O) groups is 3. The van der Waals surface area contributed by atoms with Gasteiger partial charge in [-0.25, -0.2) is 4.79 Å². The molecule has 0 aromatic heterocycles. The lowest BCUT2D eigenvalue weighted by molar-refractivity contribution is -0.122. The number of nitrogens with one attached hydrogen (secondary N) is 1. The van der Waals surface area contributed by atoms with Crippen LogP contribution in [0.3, 0.4) is 0 Å². The van der Waals surface area contributed by atoms with E-state index in [4.69, 9.17) is 9.47 Å². The molecule has 0 saturated carbocycles. The largest absolute Gasteiger partial charge is 0.442 e. The van der Waals surface area contributed by atoms with Crippen molar-refractivity contribution in [1.29, 1.82) is 0 Å². The first-order valence-electron chi connectivity index (χ1n) is 8.57. The summed E-state index contributed by atoms with van der Waals surface area (Å²) >= 11 is 0. The first kappa shape index (κ1) is 18.2. The van der Waals surface area contributed by atoms with Gasteiger partial charge in [-0.3, -0.25) is 14.5 Å². The van der Waals surface area contributed by atoms with E-state index < -0.39 is 6.09 Å². The van der Waals surface area contributed by atoms with Crippen LogP contribution >= 0.6 is 0 Å². The molecule has 1 saturated heterocycles. The average molecular weight is 361 g/mol. The van der Waals surface area contributed by atoms with E-state index in [1.54, 1.807) is 9.80 Å². The Bertz CT molecular complexity index is 736. The zero-order valence-electron chi connectivity index (χ0n) is 15.2. The number of carbonyl (C=O) groups excluding carboxylic acids is 3. The van der Waals surface area contributed by atoms with Crippen molar-refractivity contribution >= 4 is 29.3 Å². The number of cyclic esters (lactones) is 1. The number of benzene rings is 1. The molecule has 8 nitrogen and oxygen atoms in total. The van der Waals surface area contributed by atoms with Crippen LogP contribution in [0, 0.1) is 0 Å². The first-order chi connectivity index (χ1) is 12.4. The summed E-state index contributed by atoms with van der Waals surface area (Å²) in [7, 11) is 1.50. The number of rotatable bonds is 5. The Morgan fingerprint density at radius 3 is 2.85 bits per heavy atom. The SMILES string of the molecule is COCC(=O)N1c2ccc(N3C[C@H](CNC(C)=O)OC3=O)cc2CC1C. The van der Waals surface area contributed by atoms with Gasteiger partial charge in [-0.15, -0.1) is 0 Å². The third-order valence-corrected chi connectivity index (χ3v) is 4.58. The Hall–Kier alpha value is -2.61. The Morgan fingerprint density at radius 1 is 1.38 bits per heavy atom. The molecule has 2 heterocycles. The summed E-state index contributed by atoms with van der Waals surface area (Å²) in [4.78, 5) is 38.7. The number of methoxy groups -OCH3 is 1. The Kier molecular flexibility index (Phi) is 5.13. The third kappa shape index (κ3) is 3.50. The average Bonchev–Trinajstić information content (AvgIpc) is 3.11. The molecule has 0 radical (unpaired) electrons. The van der Waals surface area contributed by atoms with Gasteiger partial charge in [0.2, 0.25) is 5.91 Å². The lowest BCUT2D eigenvalue weighted by Gasteiger charge is -2.22. The van der Waals surface area contributed by atoms with Gasteiger partial charge in [-0.1, -0.05) is 0 Å². The number of nitrogens with zero attached hydrogens (tertiary/aromatic N) is 2. The highest BCUT2D eigenvalue weighted by atomic mass is 16.6. The molecule has 1 aromatic carbocycles. The number of fused-ring (bicyclic) bond motifs is 1. The van der Waals surface area contributed by atoms with E-state index in [0.29, 0.717) is 13.1 Å². The second-order valence-corrected chi connectivity index (χ2v) is 6.62. The van der Waals surface area contributed by atoms with Gasteiger partial charge in [-0.05, 0) is 37.1 Å². The molecule has 1 N–H and O–H groups in total. The van der Waals surface area contributed by atoms with Crippen molar-refractivity contribution in [2.75, 3.05) is 36.6 Å². The van der Waals surface area contributed by atoms with Crippen LogP contribution < -0.4 is 15.1 Å². The summed E-state index contributed by atoms with van der Waals surface area (Å²) in [6, 6.07) is 5.64. The van der Waals surface area contributed by atoms with E-state index >= 15 is 0 Å². The minimum Gasteiger partial charge on any atom is -0.442 e. The van der Waals surface area contributed by atoms with Gasteiger partial charge in [0.25, 0.3) is 5.91 Å². The third-order valence-electron chi connectivity index (χ3n) is 4.58. The Balaban J connectivity index is 1.76. The number of hydrogen-bond donors (Lipinski definition) is 1. The molecule has 2 atom stereocenters. The summed E-state index contributed by atoms with van der Waals surface area (Å²) in [5.74, 6) is -0.241. The van der Waals surface area contributed by atoms with Crippen molar-refractivity contribution in [3.8, 4) is 0 Å². The van der Waals surface area contributed by atoms with Crippen LogP contribution in [0.2, 0.25) is 0 Å². The molecule has 0 aliphatic carbocycles. The van der Waals surface area contributed by atoms with Gasteiger partial charge in [0.1, 0.15) is 12.7 Å². The van der Waals surface area contributed by atoms with E-state index in [9.17, 15) is 14.4 Å². The molecule has 2 aliphatic rings. The minimum atomic E-state index is -0.432. The van der Waals surface area contributed by atoms with Crippen LogP contribution in [0.4, 0.5) is 16.2 Å². The second-order valence-electron chi connectivity index (χ2n) is 6.62. The molecule has 0 bridgehead atoms. The van der Waals surface area contributed by atoms with Gasteiger partial charge in [0.15, 0.2) is 0 Å². The monoisotopic (exact) mass is 361 g/mol. The van der Waals surface area contributed by atoms with E-state index in [-0.39, 0.29) is 30.6 Å². The van der Waals surface area contributed by atoms with Crippen LogP contribution in [0.1, 0.15) is 19.4 Å². The van der Waals surface area contributed by atoms with E-state index in [0.717, 1.165) is 23.4 Å². The Labute approximate surface area is 152 Å². The zero-order valence-corrected chi connectivity index (χ0v) is 15.2. The molecule has 1 fully saturated rings. The molecule has 1 aromatic rings. The number of hydrogen-bond acceptors (Lipinski definition) is 5. The predicted molar refractivity (Wildman–Crippen MR) is 95.3 cm³/mol. The highest BCUT2D eigenvalue weighted by Crippen LogP contribution is 2.36. The summed E-state index contributed by atoms with van der Waals surface area (Å²) in [5, 5.41) is 2.66. The molecule has 26 heavy (non-hydrogen) atoms. The molecule has 3 rings (SSSR count). The van der Waals surface area contributed by atoms with Crippen LogP contribution in [-0.2, 0) is 25.5 Å². The maximum Gasteiger partial charge on any atom is 0.414 e. The summed E-state index contributed by atoms with van der Waals surface area (Å²) in [6.45, 7) is 4.11. The second kappa shape index (κ2) is 7.33. The molecule has 1 unspecified atom stereocenters. The molecule has 0 spiro atoms. The lowest BCUT2D eigenvalue weighted by Crippen LogP contribution is -2.38. The van der Waals surface area contributed by atoms with E-state index in [1.165, 1.54) is 14.0 Å². The number of amides is 3. The molecule has 3 amide bonds. The van der Waals surface area contributed by atoms with Crippen LogP contribution in [0.15, 0.2) is 18.2 Å². The topological polar surface area (TPSA) is 88.2 Å². The molecular weight excluding hydrogens is 338 g/mol.